The molecule has 2 nitrogen and oxygen atoms in total. The van der Waals surface area contributed by atoms with E-state index in [1.165, 1.54) is 0 Å². The third-order valence-electron chi connectivity index (χ3n) is 1.91. The fraction of sp³-hybridized carbons (Fsp3) is 1.00. The van der Waals surface area contributed by atoms with Gasteiger partial charge in [0.2, 0.25) is 0 Å². The number of nitrogens with one attached hydrogen (secondary N) is 1. The summed E-state index contributed by atoms with van der Waals surface area (Å²) in [4.78, 5) is 0. The third kappa shape index (κ3) is 3.19. The minimum atomic E-state index is -2.73. The Bertz CT molecular complexity index is 177. The van der Waals surface area contributed by atoms with Gasteiger partial charge in [-0.1, -0.05) is 0 Å². The summed E-state index contributed by atoms with van der Waals surface area (Å²) in [6.07, 6.45) is -0.557. The van der Waals surface area contributed by atoms with Crippen LogP contribution in [-0.2, 0) is 4.74 Å². The van der Waals surface area contributed by atoms with Crippen LogP contribution in [0.1, 0.15) is 27.2 Å². The quantitative estimate of drug-likeness (QED) is 0.685. The third-order valence-corrected chi connectivity index (χ3v) is 1.91. The van der Waals surface area contributed by atoms with Gasteiger partial charge in [0.05, 0.1) is 12.1 Å². The van der Waals surface area contributed by atoms with E-state index in [-0.39, 0.29) is 6.54 Å². The SMILES string of the molecule is CC(C)(C)OC1CCNCC1(F)F. The van der Waals surface area contributed by atoms with Crippen molar-refractivity contribution in [2.75, 3.05) is 13.1 Å². The average molecular weight is 193 g/mol. The molecule has 1 rings (SSSR count). The van der Waals surface area contributed by atoms with Crippen molar-refractivity contribution in [2.45, 2.75) is 44.8 Å². The van der Waals surface area contributed by atoms with Gasteiger partial charge >= 0.3 is 0 Å². The maximum absolute atomic E-state index is 13.2. The van der Waals surface area contributed by atoms with Gasteiger partial charge in [-0.3, -0.25) is 0 Å². The molecule has 0 spiro atoms. The van der Waals surface area contributed by atoms with Gasteiger partial charge in [-0.2, -0.15) is 0 Å². The van der Waals surface area contributed by atoms with Crippen molar-refractivity contribution < 1.29 is 13.5 Å². The van der Waals surface area contributed by atoms with E-state index in [0.717, 1.165) is 0 Å². The summed E-state index contributed by atoms with van der Waals surface area (Å²) in [6, 6.07) is 0. The number of hydrogen-bond donors (Lipinski definition) is 1. The van der Waals surface area contributed by atoms with Gasteiger partial charge in [0.1, 0.15) is 6.10 Å². The maximum atomic E-state index is 13.2. The molecule has 1 N–H and O–H groups in total. The Morgan fingerprint density at radius 3 is 2.46 bits per heavy atom. The lowest BCUT2D eigenvalue weighted by atomic mass is 10.0. The first-order chi connectivity index (χ1) is 5.81. The van der Waals surface area contributed by atoms with Gasteiger partial charge in [0.15, 0.2) is 0 Å². The predicted octanol–water partition coefficient (Wildman–Crippen LogP) is 1.80. The zero-order chi connectivity index (χ0) is 10.1. The molecule has 13 heavy (non-hydrogen) atoms. The van der Waals surface area contributed by atoms with Crippen LogP contribution in [0, 0.1) is 0 Å². The van der Waals surface area contributed by atoms with Gasteiger partial charge in [-0.05, 0) is 33.7 Å². The molecule has 4 heteroatoms. The minimum absolute atomic E-state index is 0.270. The average Bonchev–Trinajstić information content (AvgIpc) is 1.91. The second kappa shape index (κ2) is 3.50. The molecule has 0 bridgehead atoms. The van der Waals surface area contributed by atoms with Crippen molar-refractivity contribution >= 4 is 0 Å². The molecule has 0 amide bonds. The molecule has 1 saturated heterocycles. The highest BCUT2D eigenvalue weighted by molar-refractivity contribution is 4.87. The summed E-state index contributed by atoms with van der Waals surface area (Å²) in [5.74, 6) is -2.73. The normalized spacial score (nSPS) is 28.8. The van der Waals surface area contributed by atoms with E-state index in [1.807, 2.05) is 0 Å². The number of piperidine rings is 1. The fourth-order valence-corrected chi connectivity index (χ4v) is 1.39. The highest BCUT2D eigenvalue weighted by Crippen LogP contribution is 2.29. The highest BCUT2D eigenvalue weighted by Gasteiger charge is 2.44. The van der Waals surface area contributed by atoms with Crippen molar-refractivity contribution in [3.05, 3.63) is 0 Å². The zero-order valence-electron chi connectivity index (χ0n) is 8.36. The molecule has 0 saturated carbocycles. The lowest BCUT2D eigenvalue weighted by molar-refractivity contribution is -0.188. The summed E-state index contributed by atoms with van der Waals surface area (Å²) >= 11 is 0. The van der Waals surface area contributed by atoms with Crippen LogP contribution >= 0.6 is 0 Å². The molecular weight excluding hydrogens is 176 g/mol. The molecule has 0 aromatic rings. The van der Waals surface area contributed by atoms with Crippen LogP contribution in [-0.4, -0.2) is 30.7 Å². The van der Waals surface area contributed by atoms with E-state index in [0.29, 0.717) is 13.0 Å². The molecule has 1 unspecified atom stereocenters. The first-order valence-corrected chi connectivity index (χ1v) is 4.58. The first-order valence-electron chi connectivity index (χ1n) is 4.58. The van der Waals surface area contributed by atoms with Crippen molar-refractivity contribution in [2.24, 2.45) is 0 Å². The molecule has 78 valence electrons. The first kappa shape index (κ1) is 10.9. The Labute approximate surface area is 77.6 Å². The van der Waals surface area contributed by atoms with E-state index in [1.54, 1.807) is 20.8 Å². The Kier molecular flexibility index (Phi) is 2.92. The zero-order valence-corrected chi connectivity index (χ0v) is 8.36. The van der Waals surface area contributed by atoms with Crippen LogP contribution in [0.4, 0.5) is 8.78 Å². The van der Waals surface area contributed by atoms with Gasteiger partial charge in [0.25, 0.3) is 5.92 Å². The Balaban J connectivity index is 2.56. The number of ether oxygens (including phenoxy) is 1. The summed E-state index contributed by atoms with van der Waals surface area (Å²) in [5.41, 5.74) is -0.495. The second-order valence-electron chi connectivity index (χ2n) is 4.45. The lowest BCUT2D eigenvalue weighted by Gasteiger charge is -2.36. The maximum Gasteiger partial charge on any atom is 0.285 e. The van der Waals surface area contributed by atoms with E-state index in [9.17, 15) is 8.78 Å². The number of halogens is 2. The molecule has 0 aromatic heterocycles. The molecule has 1 aliphatic heterocycles. The Hall–Kier alpha value is -0.220. The van der Waals surface area contributed by atoms with Crippen LogP contribution in [0.3, 0.4) is 0 Å². The largest absolute Gasteiger partial charge is 0.366 e. The van der Waals surface area contributed by atoms with E-state index in [2.05, 4.69) is 5.32 Å². The monoisotopic (exact) mass is 193 g/mol. The molecule has 0 aliphatic carbocycles. The Morgan fingerprint density at radius 2 is 2.00 bits per heavy atom. The van der Waals surface area contributed by atoms with Crippen LogP contribution < -0.4 is 5.32 Å². The smallest absolute Gasteiger partial charge is 0.285 e. The van der Waals surface area contributed by atoms with Crippen LogP contribution in [0.15, 0.2) is 0 Å². The fourth-order valence-electron chi connectivity index (χ4n) is 1.39. The van der Waals surface area contributed by atoms with E-state index < -0.39 is 17.6 Å². The van der Waals surface area contributed by atoms with Crippen LogP contribution in [0.2, 0.25) is 0 Å². The number of alkyl halides is 2. The molecule has 1 aliphatic rings. The number of hydrogen-bond acceptors (Lipinski definition) is 2. The van der Waals surface area contributed by atoms with Crippen molar-refractivity contribution in [1.82, 2.24) is 5.32 Å². The topological polar surface area (TPSA) is 21.3 Å². The lowest BCUT2D eigenvalue weighted by Crippen LogP contribution is -2.52. The summed E-state index contributed by atoms with van der Waals surface area (Å²) in [7, 11) is 0. The van der Waals surface area contributed by atoms with Gasteiger partial charge in [-0.25, -0.2) is 8.78 Å². The van der Waals surface area contributed by atoms with Crippen molar-refractivity contribution in [3.8, 4) is 0 Å². The Morgan fingerprint density at radius 1 is 1.38 bits per heavy atom. The summed E-state index contributed by atoms with van der Waals surface area (Å²) in [6.45, 7) is 5.73. The molecule has 1 atom stereocenters. The molecule has 1 fully saturated rings. The molecule has 0 radical (unpaired) electrons. The minimum Gasteiger partial charge on any atom is -0.366 e. The second-order valence-corrected chi connectivity index (χ2v) is 4.45. The summed E-state index contributed by atoms with van der Waals surface area (Å²) in [5, 5.41) is 2.66. The van der Waals surface area contributed by atoms with Crippen molar-refractivity contribution in [3.63, 3.8) is 0 Å². The van der Waals surface area contributed by atoms with E-state index >= 15 is 0 Å². The predicted molar refractivity (Wildman–Crippen MR) is 47.1 cm³/mol. The van der Waals surface area contributed by atoms with E-state index in [4.69, 9.17) is 4.74 Å². The molecule has 1 heterocycles. The standard InChI is InChI=1S/C9H17F2NO/c1-8(2,3)13-7-4-5-12-6-9(7,10)11/h7,12H,4-6H2,1-3H3. The molecular formula is C9H17F2NO. The van der Waals surface area contributed by atoms with Crippen LogP contribution in [0.25, 0.3) is 0 Å². The van der Waals surface area contributed by atoms with Gasteiger partial charge in [-0.15, -0.1) is 0 Å². The molecule has 0 aromatic carbocycles. The van der Waals surface area contributed by atoms with Gasteiger partial charge in [0, 0.05) is 0 Å². The van der Waals surface area contributed by atoms with Crippen molar-refractivity contribution in [1.29, 1.82) is 0 Å². The van der Waals surface area contributed by atoms with Crippen LogP contribution in [0.5, 0.6) is 0 Å². The van der Waals surface area contributed by atoms with Gasteiger partial charge < -0.3 is 10.1 Å². The highest BCUT2D eigenvalue weighted by atomic mass is 19.3. The number of rotatable bonds is 1. The summed E-state index contributed by atoms with van der Waals surface area (Å²) < 4.78 is 31.7.